The van der Waals surface area contributed by atoms with E-state index < -0.39 is 0 Å². The minimum Gasteiger partial charge on any atom is -0.497 e. The number of nitrogens with zero attached hydrogens (tertiary/aromatic N) is 3. The van der Waals surface area contributed by atoms with Crippen molar-refractivity contribution in [3.8, 4) is 5.75 Å². The number of ether oxygens (including phenoxy) is 1. The van der Waals surface area contributed by atoms with Gasteiger partial charge in [0.2, 0.25) is 5.91 Å². The Bertz CT molecular complexity index is 532. The van der Waals surface area contributed by atoms with Crippen LogP contribution in [0.2, 0.25) is 0 Å². The smallest absolute Gasteiger partial charge is 0.223 e. The summed E-state index contributed by atoms with van der Waals surface area (Å²) in [6, 6.07) is 8.80. The van der Waals surface area contributed by atoms with E-state index in [9.17, 15) is 4.79 Å². The Labute approximate surface area is 152 Å². The maximum absolute atomic E-state index is 12.6. The van der Waals surface area contributed by atoms with Gasteiger partial charge in [-0.2, -0.15) is 0 Å². The first-order chi connectivity index (χ1) is 11.9. The summed E-state index contributed by atoms with van der Waals surface area (Å²) in [6.45, 7) is 8.24. The monoisotopic (exact) mass is 347 g/mol. The summed E-state index contributed by atoms with van der Waals surface area (Å²) >= 11 is 0. The van der Waals surface area contributed by atoms with Gasteiger partial charge in [0.25, 0.3) is 0 Å². The molecule has 0 radical (unpaired) electrons. The van der Waals surface area contributed by atoms with Gasteiger partial charge in [-0.15, -0.1) is 0 Å². The summed E-state index contributed by atoms with van der Waals surface area (Å²) < 4.78 is 5.18. The maximum Gasteiger partial charge on any atom is 0.223 e. The average molecular weight is 348 g/mol. The summed E-state index contributed by atoms with van der Waals surface area (Å²) in [4.78, 5) is 19.4. The fraction of sp³-hybridized carbons (Fsp3) is 0.650. The lowest BCUT2D eigenvalue weighted by Crippen LogP contribution is -2.59. The Kier molecular flexibility index (Phi) is 7.26. The van der Waals surface area contributed by atoms with Gasteiger partial charge in [0.1, 0.15) is 5.75 Å². The Morgan fingerprint density at radius 1 is 1.16 bits per heavy atom. The molecule has 1 fully saturated rings. The van der Waals surface area contributed by atoms with Crippen molar-refractivity contribution in [2.24, 2.45) is 0 Å². The van der Waals surface area contributed by atoms with E-state index in [-0.39, 0.29) is 5.91 Å². The van der Waals surface area contributed by atoms with Crippen molar-refractivity contribution in [2.75, 3.05) is 47.4 Å². The van der Waals surface area contributed by atoms with E-state index in [0.717, 1.165) is 38.3 Å². The van der Waals surface area contributed by atoms with Gasteiger partial charge in [-0.25, -0.2) is 0 Å². The molecule has 1 aromatic rings. The van der Waals surface area contributed by atoms with Crippen LogP contribution in [0.1, 0.15) is 25.8 Å². The molecule has 1 saturated heterocycles. The highest BCUT2D eigenvalue weighted by atomic mass is 16.5. The number of methoxy groups -OCH3 is 1. The quantitative estimate of drug-likeness (QED) is 0.757. The molecule has 1 amide bonds. The number of amides is 1. The highest BCUT2D eigenvalue weighted by molar-refractivity contribution is 5.76. The van der Waals surface area contributed by atoms with Crippen molar-refractivity contribution >= 4 is 5.91 Å². The Balaban J connectivity index is 1.83. The van der Waals surface area contributed by atoms with Crippen LogP contribution in [-0.2, 0) is 11.2 Å². The lowest BCUT2D eigenvalue weighted by Gasteiger charge is -2.45. The topological polar surface area (TPSA) is 36.0 Å². The fourth-order valence-corrected chi connectivity index (χ4v) is 3.52. The van der Waals surface area contributed by atoms with Crippen molar-refractivity contribution in [1.82, 2.24) is 14.7 Å². The second-order valence-corrected chi connectivity index (χ2v) is 7.39. The largest absolute Gasteiger partial charge is 0.497 e. The van der Waals surface area contributed by atoms with E-state index in [0.29, 0.717) is 18.5 Å². The molecular formula is C20H33N3O2. The fourth-order valence-electron chi connectivity index (χ4n) is 3.52. The minimum absolute atomic E-state index is 0.266. The molecule has 5 nitrogen and oxygen atoms in total. The molecule has 0 bridgehead atoms. The third kappa shape index (κ3) is 5.72. The summed E-state index contributed by atoms with van der Waals surface area (Å²) in [5.74, 6) is 1.12. The molecule has 1 aliphatic heterocycles. The third-order valence-electron chi connectivity index (χ3n) is 5.05. The van der Waals surface area contributed by atoms with E-state index in [2.05, 4.69) is 37.7 Å². The molecule has 1 aromatic carbocycles. The van der Waals surface area contributed by atoms with Crippen LogP contribution in [-0.4, -0.2) is 80.1 Å². The highest BCUT2D eigenvalue weighted by Gasteiger charge is 2.31. The van der Waals surface area contributed by atoms with Gasteiger partial charge in [0.15, 0.2) is 0 Å². The van der Waals surface area contributed by atoms with Crippen molar-refractivity contribution in [3.05, 3.63) is 29.8 Å². The number of hydrogen-bond donors (Lipinski definition) is 0. The Morgan fingerprint density at radius 2 is 1.76 bits per heavy atom. The number of carbonyl (C=O) groups is 1. The number of hydrogen-bond acceptors (Lipinski definition) is 4. The van der Waals surface area contributed by atoms with Crippen molar-refractivity contribution in [1.29, 1.82) is 0 Å². The highest BCUT2D eigenvalue weighted by Crippen LogP contribution is 2.18. The molecule has 2 rings (SSSR count). The molecule has 0 aliphatic carbocycles. The number of carbonyl (C=O) groups excluding carboxylic acids is 1. The second kappa shape index (κ2) is 9.20. The minimum atomic E-state index is 0.266. The summed E-state index contributed by atoms with van der Waals surface area (Å²) in [5.41, 5.74) is 1.18. The average Bonchev–Trinajstić information content (AvgIpc) is 2.59. The van der Waals surface area contributed by atoms with Crippen LogP contribution in [0.4, 0.5) is 0 Å². The van der Waals surface area contributed by atoms with Crippen LogP contribution in [0.3, 0.4) is 0 Å². The van der Waals surface area contributed by atoms with E-state index in [1.165, 1.54) is 5.56 Å². The van der Waals surface area contributed by atoms with Gasteiger partial charge in [0.05, 0.1) is 7.11 Å². The zero-order valence-electron chi connectivity index (χ0n) is 16.4. The predicted octanol–water partition coefficient (Wildman–Crippen LogP) is 2.11. The van der Waals surface area contributed by atoms with Crippen molar-refractivity contribution < 1.29 is 9.53 Å². The van der Waals surface area contributed by atoms with Gasteiger partial charge < -0.3 is 14.5 Å². The van der Waals surface area contributed by atoms with Gasteiger partial charge >= 0.3 is 0 Å². The van der Waals surface area contributed by atoms with E-state index in [1.54, 1.807) is 7.11 Å². The van der Waals surface area contributed by atoms with Gasteiger partial charge in [0, 0.05) is 44.7 Å². The van der Waals surface area contributed by atoms with Crippen molar-refractivity contribution in [2.45, 2.75) is 38.8 Å². The second-order valence-electron chi connectivity index (χ2n) is 7.39. The van der Waals surface area contributed by atoms with Gasteiger partial charge in [-0.3, -0.25) is 9.69 Å². The first-order valence-corrected chi connectivity index (χ1v) is 9.22. The summed E-state index contributed by atoms with van der Waals surface area (Å²) in [6.07, 6.45) is 1.36. The van der Waals surface area contributed by atoms with Crippen LogP contribution in [0.25, 0.3) is 0 Å². The van der Waals surface area contributed by atoms with Crippen LogP contribution >= 0.6 is 0 Å². The zero-order valence-corrected chi connectivity index (χ0v) is 16.4. The number of benzene rings is 1. The SMILES string of the molecule is COc1ccc(CCC(=O)N2CC(C)N(CCN(C)C)C(C)C2)cc1. The molecule has 0 saturated carbocycles. The molecular weight excluding hydrogens is 314 g/mol. The summed E-state index contributed by atoms with van der Waals surface area (Å²) in [7, 11) is 5.88. The van der Waals surface area contributed by atoms with Crippen LogP contribution in [0.15, 0.2) is 24.3 Å². The molecule has 1 aliphatic rings. The van der Waals surface area contributed by atoms with Crippen LogP contribution < -0.4 is 4.74 Å². The van der Waals surface area contributed by atoms with Crippen molar-refractivity contribution in [3.63, 3.8) is 0 Å². The molecule has 2 atom stereocenters. The first kappa shape index (κ1) is 19.7. The zero-order chi connectivity index (χ0) is 18.4. The van der Waals surface area contributed by atoms with Crippen LogP contribution in [0, 0.1) is 0 Å². The summed E-state index contributed by atoms with van der Waals surface area (Å²) in [5, 5.41) is 0. The standard InChI is InChI=1S/C20H33N3O2/c1-16-14-22(15-17(2)23(16)13-12-21(3)4)20(24)11-8-18-6-9-19(25-5)10-7-18/h6-7,9-10,16-17H,8,11-15H2,1-5H3. The maximum atomic E-state index is 12.6. The molecule has 140 valence electrons. The molecule has 25 heavy (non-hydrogen) atoms. The number of piperazine rings is 1. The van der Waals surface area contributed by atoms with Crippen LogP contribution in [0.5, 0.6) is 5.75 Å². The van der Waals surface area contributed by atoms with Gasteiger partial charge in [-0.05, 0) is 52.1 Å². The lowest BCUT2D eigenvalue weighted by molar-refractivity contribution is -0.135. The van der Waals surface area contributed by atoms with E-state index in [4.69, 9.17) is 4.74 Å². The molecule has 5 heteroatoms. The first-order valence-electron chi connectivity index (χ1n) is 9.22. The molecule has 0 N–H and O–H groups in total. The molecule has 0 spiro atoms. The molecule has 0 aromatic heterocycles. The van der Waals surface area contributed by atoms with Gasteiger partial charge in [-0.1, -0.05) is 12.1 Å². The van der Waals surface area contributed by atoms with E-state index >= 15 is 0 Å². The number of likely N-dealkylation sites (N-methyl/N-ethyl adjacent to an activating group) is 1. The number of rotatable bonds is 7. The normalized spacial score (nSPS) is 21.6. The predicted molar refractivity (Wildman–Crippen MR) is 102 cm³/mol. The molecule has 1 heterocycles. The Hall–Kier alpha value is -1.59. The third-order valence-corrected chi connectivity index (χ3v) is 5.05. The lowest BCUT2D eigenvalue weighted by atomic mass is 10.1. The number of aryl methyl sites for hydroxylation is 1. The van der Waals surface area contributed by atoms with E-state index in [1.807, 2.05) is 29.2 Å². The molecule has 2 unspecified atom stereocenters. The Morgan fingerprint density at radius 3 is 2.28 bits per heavy atom.